The molecule has 0 aliphatic carbocycles. The van der Waals surface area contributed by atoms with E-state index < -0.39 is 11.8 Å². The van der Waals surface area contributed by atoms with Crippen LogP contribution in [0.2, 0.25) is 5.02 Å². The van der Waals surface area contributed by atoms with Crippen molar-refractivity contribution in [1.29, 1.82) is 0 Å². The van der Waals surface area contributed by atoms with Gasteiger partial charge in [0.2, 0.25) is 0 Å². The van der Waals surface area contributed by atoms with Crippen LogP contribution in [-0.2, 0) is 9.59 Å². The first-order valence-corrected chi connectivity index (χ1v) is 10.6. The molecule has 0 saturated heterocycles. The molecular weight excluding hydrogens is 424 g/mol. The molecule has 6 heteroatoms. The largest absolute Gasteiger partial charge is 0.497 e. The van der Waals surface area contributed by atoms with E-state index in [1.807, 2.05) is 32.0 Å². The second-order valence-corrected chi connectivity index (χ2v) is 8.16. The Kier molecular flexibility index (Phi) is 5.76. The number of rotatable bonds is 5. The van der Waals surface area contributed by atoms with Crippen molar-refractivity contribution < 1.29 is 14.3 Å². The number of imide groups is 1. The number of aryl methyl sites for hydroxylation is 2. The summed E-state index contributed by atoms with van der Waals surface area (Å²) in [7, 11) is 1.58. The molecule has 1 aliphatic rings. The summed E-state index contributed by atoms with van der Waals surface area (Å²) >= 11 is 6.29. The van der Waals surface area contributed by atoms with E-state index in [4.69, 9.17) is 16.3 Å². The van der Waals surface area contributed by atoms with Crippen LogP contribution in [0.4, 0.5) is 11.4 Å². The van der Waals surface area contributed by atoms with E-state index in [2.05, 4.69) is 5.32 Å². The van der Waals surface area contributed by atoms with Crippen molar-refractivity contribution in [1.82, 2.24) is 0 Å². The van der Waals surface area contributed by atoms with E-state index in [1.165, 1.54) is 4.90 Å². The van der Waals surface area contributed by atoms with Crippen LogP contribution in [-0.4, -0.2) is 18.9 Å². The predicted octanol–water partition coefficient (Wildman–Crippen LogP) is 5.67. The summed E-state index contributed by atoms with van der Waals surface area (Å²) < 4.78 is 5.24. The van der Waals surface area contributed by atoms with E-state index in [-0.39, 0.29) is 5.70 Å². The second-order valence-electron chi connectivity index (χ2n) is 7.75. The fourth-order valence-electron chi connectivity index (χ4n) is 3.73. The fourth-order valence-corrected chi connectivity index (χ4v) is 3.90. The average molecular weight is 447 g/mol. The summed E-state index contributed by atoms with van der Waals surface area (Å²) in [5, 5.41) is 3.74. The molecule has 0 aromatic heterocycles. The normalized spacial score (nSPS) is 13.7. The lowest BCUT2D eigenvalue weighted by molar-refractivity contribution is -0.120. The van der Waals surface area contributed by atoms with Crippen LogP contribution in [0.15, 0.2) is 66.4 Å². The summed E-state index contributed by atoms with van der Waals surface area (Å²) in [4.78, 5) is 28.4. The Labute approximate surface area is 192 Å². The maximum absolute atomic E-state index is 13.6. The lowest BCUT2D eigenvalue weighted by atomic mass is 10.0. The van der Waals surface area contributed by atoms with Gasteiger partial charge in [0, 0.05) is 10.7 Å². The number of halogens is 1. The number of anilines is 2. The Hall–Kier alpha value is -3.57. The molecule has 0 unspecified atom stereocenters. The van der Waals surface area contributed by atoms with Gasteiger partial charge in [0.05, 0.1) is 18.4 Å². The highest BCUT2D eigenvalue weighted by molar-refractivity contribution is 6.46. The van der Waals surface area contributed by atoms with Gasteiger partial charge in [-0.2, -0.15) is 0 Å². The van der Waals surface area contributed by atoms with Crippen LogP contribution in [0.5, 0.6) is 5.75 Å². The SMILES string of the molecule is COc1ccc(C2=C(Nc3cc(C)ccc3C)C(=O)N(c3cccc(Cl)c3C)C2=O)cc1. The number of amides is 2. The van der Waals surface area contributed by atoms with Crippen molar-refractivity contribution in [2.24, 2.45) is 0 Å². The molecule has 0 saturated carbocycles. The minimum absolute atomic E-state index is 0.230. The number of benzene rings is 3. The Bertz CT molecular complexity index is 1260. The van der Waals surface area contributed by atoms with Gasteiger partial charge in [0.25, 0.3) is 11.8 Å². The Morgan fingerprint density at radius 3 is 2.31 bits per heavy atom. The van der Waals surface area contributed by atoms with E-state index in [9.17, 15) is 9.59 Å². The Morgan fingerprint density at radius 1 is 0.906 bits per heavy atom. The third-order valence-electron chi connectivity index (χ3n) is 5.60. The lowest BCUT2D eigenvalue weighted by Crippen LogP contribution is -2.33. The zero-order chi connectivity index (χ0) is 23.0. The Balaban J connectivity index is 1.87. The first kappa shape index (κ1) is 21.7. The minimum Gasteiger partial charge on any atom is -0.497 e. The molecule has 2 amide bonds. The van der Waals surface area contributed by atoms with E-state index in [0.29, 0.717) is 33.2 Å². The van der Waals surface area contributed by atoms with Crippen molar-refractivity contribution in [3.8, 4) is 5.75 Å². The predicted molar refractivity (Wildman–Crippen MR) is 128 cm³/mol. The molecule has 3 aromatic rings. The third-order valence-corrected chi connectivity index (χ3v) is 6.00. The first-order valence-electron chi connectivity index (χ1n) is 10.2. The maximum Gasteiger partial charge on any atom is 0.282 e. The van der Waals surface area contributed by atoms with Crippen LogP contribution >= 0.6 is 11.6 Å². The lowest BCUT2D eigenvalue weighted by Gasteiger charge is -2.18. The molecule has 0 atom stereocenters. The van der Waals surface area contributed by atoms with Crippen molar-refractivity contribution >= 4 is 40.4 Å². The van der Waals surface area contributed by atoms with Gasteiger partial charge in [-0.05, 0) is 73.4 Å². The van der Waals surface area contributed by atoms with Crippen molar-refractivity contribution in [3.05, 3.63) is 93.6 Å². The van der Waals surface area contributed by atoms with Crippen molar-refractivity contribution in [2.45, 2.75) is 20.8 Å². The van der Waals surface area contributed by atoms with Crippen LogP contribution in [0.25, 0.3) is 5.57 Å². The number of hydrogen-bond donors (Lipinski definition) is 1. The summed E-state index contributed by atoms with van der Waals surface area (Å²) in [5.41, 5.74) is 5.08. The van der Waals surface area contributed by atoms with Gasteiger partial charge in [-0.1, -0.05) is 41.9 Å². The second kappa shape index (κ2) is 8.52. The molecule has 5 nitrogen and oxygen atoms in total. The zero-order valence-corrected chi connectivity index (χ0v) is 19.1. The summed E-state index contributed by atoms with van der Waals surface area (Å²) in [6.45, 7) is 5.73. The molecular formula is C26H23ClN2O3. The Morgan fingerprint density at radius 2 is 1.62 bits per heavy atom. The highest BCUT2D eigenvalue weighted by Crippen LogP contribution is 2.37. The van der Waals surface area contributed by atoms with Crippen LogP contribution in [0.1, 0.15) is 22.3 Å². The topological polar surface area (TPSA) is 58.6 Å². The molecule has 0 spiro atoms. The molecule has 1 heterocycles. The fraction of sp³-hybridized carbons (Fsp3) is 0.154. The van der Waals surface area contributed by atoms with Crippen LogP contribution in [0.3, 0.4) is 0 Å². The average Bonchev–Trinajstić information content (AvgIpc) is 3.02. The maximum atomic E-state index is 13.6. The van der Waals surface area contributed by atoms with Gasteiger partial charge in [-0.3, -0.25) is 9.59 Å². The van der Waals surface area contributed by atoms with E-state index >= 15 is 0 Å². The number of methoxy groups -OCH3 is 1. The number of carbonyl (C=O) groups is 2. The first-order chi connectivity index (χ1) is 15.3. The molecule has 0 fully saturated rings. The van der Waals surface area contributed by atoms with Crippen LogP contribution < -0.4 is 15.0 Å². The number of hydrogen-bond acceptors (Lipinski definition) is 4. The van der Waals surface area contributed by atoms with Gasteiger partial charge in [-0.15, -0.1) is 0 Å². The van der Waals surface area contributed by atoms with Gasteiger partial charge in [-0.25, -0.2) is 4.90 Å². The van der Waals surface area contributed by atoms with Crippen LogP contribution in [0, 0.1) is 20.8 Å². The molecule has 4 rings (SSSR count). The number of carbonyl (C=O) groups excluding carboxylic acids is 2. The number of ether oxygens (including phenoxy) is 1. The molecule has 162 valence electrons. The monoisotopic (exact) mass is 446 g/mol. The van der Waals surface area contributed by atoms with Gasteiger partial charge in [0.15, 0.2) is 0 Å². The minimum atomic E-state index is -0.424. The summed E-state index contributed by atoms with van der Waals surface area (Å²) in [6, 6.07) is 18.2. The zero-order valence-electron chi connectivity index (χ0n) is 18.3. The van der Waals surface area contributed by atoms with Crippen molar-refractivity contribution in [2.75, 3.05) is 17.3 Å². The smallest absolute Gasteiger partial charge is 0.282 e. The molecule has 0 bridgehead atoms. The van der Waals surface area contributed by atoms with Gasteiger partial charge in [0.1, 0.15) is 11.4 Å². The molecule has 1 aliphatic heterocycles. The molecule has 1 N–H and O–H groups in total. The summed E-state index contributed by atoms with van der Waals surface area (Å²) in [6.07, 6.45) is 0. The molecule has 0 radical (unpaired) electrons. The highest BCUT2D eigenvalue weighted by atomic mass is 35.5. The van der Waals surface area contributed by atoms with E-state index in [0.717, 1.165) is 16.8 Å². The van der Waals surface area contributed by atoms with Crippen molar-refractivity contribution in [3.63, 3.8) is 0 Å². The quantitative estimate of drug-likeness (QED) is 0.513. The molecule has 3 aromatic carbocycles. The summed E-state index contributed by atoms with van der Waals surface area (Å²) in [5.74, 6) is -0.164. The molecule has 32 heavy (non-hydrogen) atoms. The number of nitrogens with zero attached hydrogens (tertiary/aromatic N) is 1. The van der Waals surface area contributed by atoms with Gasteiger partial charge < -0.3 is 10.1 Å². The highest BCUT2D eigenvalue weighted by Gasteiger charge is 2.41. The number of nitrogens with one attached hydrogen (secondary N) is 1. The van der Waals surface area contributed by atoms with E-state index in [1.54, 1.807) is 56.5 Å². The standard InChI is InChI=1S/C26H23ClN2O3/c1-15-8-9-16(2)21(14-15)28-24-23(18-10-12-19(32-4)13-11-18)25(30)29(26(24)31)22-7-5-6-20(27)17(22)3/h5-14,28H,1-4H3. The van der Waals surface area contributed by atoms with Gasteiger partial charge >= 0.3 is 0 Å². The third kappa shape index (κ3) is 3.76.